The van der Waals surface area contributed by atoms with Gasteiger partial charge in [-0.15, -0.1) is 0 Å². The molecule has 1 atom stereocenters. The minimum atomic E-state index is -3.31. The van der Waals surface area contributed by atoms with Gasteiger partial charge in [0.05, 0.1) is 24.0 Å². The first-order chi connectivity index (χ1) is 11.1. The van der Waals surface area contributed by atoms with E-state index in [1.54, 1.807) is 16.4 Å². The summed E-state index contributed by atoms with van der Waals surface area (Å²) in [5.41, 5.74) is 0.503. The lowest BCUT2D eigenvalue weighted by Gasteiger charge is -2.36. The number of ether oxygens (including phenoxy) is 1. The Kier molecular flexibility index (Phi) is 4.80. The minimum absolute atomic E-state index is 0.410. The average molecular weight is 336 g/mol. The van der Waals surface area contributed by atoms with Crippen LogP contribution in [0.25, 0.3) is 0 Å². The molecule has 2 aliphatic rings. The monoisotopic (exact) mass is 336 g/mol. The van der Waals surface area contributed by atoms with Crippen molar-refractivity contribution in [2.45, 2.75) is 18.1 Å². The highest BCUT2D eigenvalue weighted by molar-refractivity contribution is 7.89. The number of morpholine rings is 1. The van der Waals surface area contributed by atoms with E-state index in [1.165, 1.54) is 6.20 Å². The summed E-state index contributed by atoms with van der Waals surface area (Å²) in [5, 5.41) is 8.42. The number of nitrogens with zero attached hydrogens (tertiary/aromatic N) is 4. The first-order valence-electron chi connectivity index (χ1n) is 7.79. The zero-order valence-electron chi connectivity index (χ0n) is 12.9. The van der Waals surface area contributed by atoms with Crippen LogP contribution in [0.1, 0.15) is 18.4 Å². The lowest BCUT2D eigenvalue weighted by atomic mass is 10.1. The third-order valence-electron chi connectivity index (χ3n) is 4.33. The van der Waals surface area contributed by atoms with Gasteiger partial charge in [0.15, 0.2) is 0 Å². The molecule has 8 heteroatoms. The minimum Gasteiger partial charge on any atom is -0.379 e. The maximum atomic E-state index is 12.8. The number of aromatic nitrogens is 1. The number of nitriles is 1. The van der Waals surface area contributed by atoms with Gasteiger partial charge in [-0.05, 0) is 25.0 Å². The second kappa shape index (κ2) is 6.83. The summed E-state index contributed by atoms with van der Waals surface area (Å²) in [6.07, 6.45) is 3.01. The maximum absolute atomic E-state index is 12.8. The SMILES string of the molecule is N#Cc1ccc(N2CCCC(S(=O)(=O)N3CCOCC3)C2)nc1. The first-order valence-corrected chi connectivity index (χ1v) is 9.29. The summed E-state index contributed by atoms with van der Waals surface area (Å²) in [6.45, 7) is 3.04. The van der Waals surface area contributed by atoms with Crippen LogP contribution in [0.3, 0.4) is 0 Å². The molecule has 2 fully saturated rings. The Bertz CT molecular complexity index is 678. The van der Waals surface area contributed by atoms with Crippen LogP contribution >= 0.6 is 0 Å². The standard InChI is InChI=1S/C15H20N4O3S/c16-10-13-3-4-15(17-11-13)18-5-1-2-14(12-18)23(20,21)19-6-8-22-9-7-19/h3-4,11,14H,1-2,5-9,12H2. The highest BCUT2D eigenvalue weighted by Gasteiger charge is 2.36. The first kappa shape index (κ1) is 16.2. The highest BCUT2D eigenvalue weighted by atomic mass is 32.2. The Labute approximate surface area is 136 Å². The average Bonchev–Trinajstić information content (AvgIpc) is 2.62. The van der Waals surface area contributed by atoms with Crippen molar-refractivity contribution in [3.8, 4) is 6.07 Å². The van der Waals surface area contributed by atoms with E-state index in [4.69, 9.17) is 10.00 Å². The normalized spacial score (nSPS) is 23.4. The second-order valence-corrected chi connectivity index (χ2v) is 8.00. The molecular formula is C15H20N4O3S. The molecule has 3 heterocycles. The molecule has 2 saturated heterocycles. The molecule has 0 N–H and O–H groups in total. The Morgan fingerprint density at radius 3 is 2.70 bits per heavy atom. The zero-order chi connectivity index (χ0) is 16.3. The van der Waals surface area contributed by atoms with Crippen LogP contribution in [0.4, 0.5) is 5.82 Å². The third kappa shape index (κ3) is 3.47. The molecule has 0 saturated carbocycles. The van der Waals surface area contributed by atoms with Gasteiger partial charge in [-0.1, -0.05) is 0 Å². The summed E-state index contributed by atoms with van der Waals surface area (Å²) >= 11 is 0. The molecular weight excluding hydrogens is 316 g/mol. The molecule has 3 rings (SSSR count). The van der Waals surface area contributed by atoms with Gasteiger partial charge in [0.2, 0.25) is 10.0 Å². The van der Waals surface area contributed by atoms with Crippen molar-refractivity contribution in [1.29, 1.82) is 5.26 Å². The molecule has 124 valence electrons. The molecule has 1 aromatic heterocycles. The van der Waals surface area contributed by atoms with Crippen LogP contribution in [-0.4, -0.2) is 62.3 Å². The van der Waals surface area contributed by atoms with Crippen LogP contribution in [0.2, 0.25) is 0 Å². The molecule has 2 aliphatic heterocycles. The van der Waals surface area contributed by atoms with Gasteiger partial charge in [-0.2, -0.15) is 9.57 Å². The predicted molar refractivity (Wildman–Crippen MR) is 85.5 cm³/mol. The van der Waals surface area contributed by atoms with Crippen LogP contribution in [0.5, 0.6) is 0 Å². The van der Waals surface area contributed by atoms with Gasteiger partial charge in [-0.25, -0.2) is 13.4 Å². The number of sulfonamides is 1. The Morgan fingerprint density at radius 2 is 2.04 bits per heavy atom. The fourth-order valence-electron chi connectivity index (χ4n) is 3.04. The van der Waals surface area contributed by atoms with Crippen molar-refractivity contribution in [1.82, 2.24) is 9.29 Å². The van der Waals surface area contributed by atoms with Gasteiger partial charge >= 0.3 is 0 Å². The zero-order valence-corrected chi connectivity index (χ0v) is 13.7. The van der Waals surface area contributed by atoms with Crippen LogP contribution < -0.4 is 4.90 Å². The fourth-order valence-corrected chi connectivity index (χ4v) is 4.95. The molecule has 23 heavy (non-hydrogen) atoms. The van der Waals surface area contributed by atoms with E-state index >= 15 is 0 Å². The Hall–Kier alpha value is -1.69. The molecule has 1 unspecified atom stereocenters. The van der Waals surface area contributed by atoms with Crippen molar-refractivity contribution < 1.29 is 13.2 Å². The number of anilines is 1. The molecule has 7 nitrogen and oxygen atoms in total. The van der Waals surface area contributed by atoms with E-state index in [0.717, 1.165) is 18.8 Å². The van der Waals surface area contributed by atoms with Crippen molar-refractivity contribution in [3.05, 3.63) is 23.9 Å². The van der Waals surface area contributed by atoms with E-state index in [-0.39, 0.29) is 0 Å². The molecule has 1 aromatic rings. The third-order valence-corrected chi connectivity index (χ3v) is 6.64. The van der Waals surface area contributed by atoms with E-state index in [1.807, 2.05) is 11.0 Å². The number of pyridine rings is 1. The summed E-state index contributed by atoms with van der Waals surface area (Å²) in [6, 6.07) is 5.53. The van der Waals surface area contributed by atoms with E-state index in [9.17, 15) is 8.42 Å². The predicted octanol–water partition coefficient (Wildman–Crippen LogP) is 0.584. The van der Waals surface area contributed by atoms with Crippen molar-refractivity contribution >= 4 is 15.8 Å². The number of piperidine rings is 1. The molecule has 0 radical (unpaired) electrons. The quantitative estimate of drug-likeness (QED) is 0.803. The van der Waals surface area contributed by atoms with Crippen molar-refractivity contribution in [2.24, 2.45) is 0 Å². The smallest absolute Gasteiger partial charge is 0.218 e. The topological polar surface area (TPSA) is 86.5 Å². The summed E-state index contributed by atoms with van der Waals surface area (Å²) in [7, 11) is -3.31. The van der Waals surface area contributed by atoms with E-state index < -0.39 is 15.3 Å². The Morgan fingerprint density at radius 1 is 1.26 bits per heavy atom. The lowest BCUT2D eigenvalue weighted by Crippen LogP contribution is -2.51. The number of hydrogen-bond donors (Lipinski definition) is 0. The number of rotatable bonds is 3. The van der Waals surface area contributed by atoms with Crippen molar-refractivity contribution in [2.75, 3.05) is 44.3 Å². The largest absolute Gasteiger partial charge is 0.379 e. The van der Waals surface area contributed by atoms with Crippen molar-refractivity contribution in [3.63, 3.8) is 0 Å². The van der Waals surface area contributed by atoms with E-state index in [0.29, 0.717) is 44.8 Å². The molecule has 0 spiro atoms. The van der Waals surface area contributed by atoms with E-state index in [2.05, 4.69) is 4.98 Å². The lowest BCUT2D eigenvalue weighted by molar-refractivity contribution is 0.0725. The molecule has 0 aromatic carbocycles. The van der Waals surface area contributed by atoms with Gasteiger partial charge in [0.1, 0.15) is 11.9 Å². The molecule has 0 aliphatic carbocycles. The summed E-state index contributed by atoms with van der Waals surface area (Å²) in [4.78, 5) is 6.27. The van der Waals surface area contributed by atoms with Crippen LogP contribution in [0, 0.1) is 11.3 Å². The van der Waals surface area contributed by atoms with Crippen LogP contribution in [0.15, 0.2) is 18.3 Å². The Balaban J connectivity index is 1.73. The van der Waals surface area contributed by atoms with Gasteiger partial charge in [-0.3, -0.25) is 0 Å². The summed E-state index contributed by atoms with van der Waals surface area (Å²) in [5.74, 6) is 0.728. The number of hydrogen-bond acceptors (Lipinski definition) is 6. The van der Waals surface area contributed by atoms with Crippen LogP contribution in [-0.2, 0) is 14.8 Å². The molecule has 0 amide bonds. The fraction of sp³-hybridized carbons (Fsp3) is 0.600. The van der Waals surface area contributed by atoms with Gasteiger partial charge in [0.25, 0.3) is 0 Å². The van der Waals surface area contributed by atoms with Gasteiger partial charge < -0.3 is 9.64 Å². The second-order valence-electron chi connectivity index (χ2n) is 5.78. The summed E-state index contributed by atoms with van der Waals surface area (Å²) < 4.78 is 32.4. The highest BCUT2D eigenvalue weighted by Crippen LogP contribution is 2.24. The molecule has 0 bridgehead atoms. The maximum Gasteiger partial charge on any atom is 0.218 e. The van der Waals surface area contributed by atoms with Gasteiger partial charge in [0, 0.05) is 32.4 Å².